The monoisotopic (exact) mass is 158 g/mol. The van der Waals surface area contributed by atoms with Crippen LogP contribution in [0.25, 0.3) is 0 Å². The lowest BCUT2D eigenvalue weighted by Crippen LogP contribution is -2.31. The first-order valence-electron chi connectivity index (χ1n) is 3.87. The Hall–Kier alpha value is -0.570. The molecule has 0 radical (unpaired) electrons. The van der Waals surface area contributed by atoms with Gasteiger partial charge >= 0.3 is 5.97 Å². The minimum atomic E-state index is -0.724. The van der Waals surface area contributed by atoms with E-state index in [1.165, 1.54) is 0 Å². The maximum atomic E-state index is 10.6. The van der Waals surface area contributed by atoms with Gasteiger partial charge in [-0.3, -0.25) is 4.79 Å². The van der Waals surface area contributed by atoms with Gasteiger partial charge in [0.05, 0.1) is 12.5 Å². The Balaban J connectivity index is 2.63. The van der Waals surface area contributed by atoms with Gasteiger partial charge in [-0.15, -0.1) is 0 Å². The van der Waals surface area contributed by atoms with Crippen LogP contribution in [-0.2, 0) is 9.53 Å². The summed E-state index contributed by atoms with van der Waals surface area (Å²) < 4.78 is 5.17. The van der Waals surface area contributed by atoms with Crippen LogP contribution in [0.5, 0.6) is 0 Å². The van der Waals surface area contributed by atoms with Gasteiger partial charge in [-0.2, -0.15) is 0 Å². The van der Waals surface area contributed by atoms with E-state index in [4.69, 9.17) is 9.84 Å². The van der Waals surface area contributed by atoms with E-state index in [2.05, 4.69) is 0 Å². The topological polar surface area (TPSA) is 46.5 Å². The number of hydrogen-bond acceptors (Lipinski definition) is 2. The van der Waals surface area contributed by atoms with Crippen molar-refractivity contribution < 1.29 is 14.6 Å². The quantitative estimate of drug-likeness (QED) is 0.655. The third kappa shape index (κ3) is 1.53. The molecule has 64 valence electrons. The van der Waals surface area contributed by atoms with E-state index in [0.717, 1.165) is 6.42 Å². The van der Waals surface area contributed by atoms with Gasteiger partial charge in [0.15, 0.2) is 0 Å². The van der Waals surface area contributed by atoms with Crippen LogP contribution in [0.15, 0.2) is 0 Å². The number of carboxylic acid groups (broad SMARTS) is 1. The molecule has 0 aromatic rings. The first-order chi connectivity index (χ1) is 5.06. The second-order valence-corrected chi connectivity index (χ2v) is 3.52. The second-order valence-electron chi connectivity index (χ2n) is 3.52. The number of ether oxygens (including phenoxy) is 1. The maximum absolute atomic E-state index is 10.6. The highest BCUT2D eigenvalue weighted by Crippen LogP contribution is 2.35. The molecule has 0 bridgehead atoms. The van der Waals surface area contributed by atoms with Gasteiger partial charge in [0.1, 0.15) is 0 Å². The number of aliphatic carboxylic acids is 1. The molecule has 0 aromatic carbocycles. The highest BCUT2D eigenvalue weighted by molar-refractivity contribution is 5.70. The molecule has 1 heterocycles. The van der Waals surface area contributed by atoms with E-state index in [0.29, 0.717) is 13.2 Å². The van der Waals surface area contributed by atoms with Crippen molar-refractivity contribution in [3.05, 3.63) is 0 Å². The fourth-order valence-electron chi connectivity index (χ4n) is 1.32. The summed E-state index contributed by atoms with van der Waals surface area (Å²) in [5.41, 5.74) is -0.147. The molecule has 1 N–H and O–H groups in total. The summed E-state index contributed by atoms with van der Waals surface area (Å²) in [6, 6.07) is 0. The summed E-state index contributed by atoms with van der Waals surface area (Å²) in [7, 11) is 0. The molecule has 1 fully saturated rings. The number of carboxylic acids is 1. The van der Waals surface area contributed by atoms with E-state index in [1.807, 2.05) is 6.92 Å². The summed E-state index contributed by atoms with van der Waals surface area (Å²) in [5, 5.41) is 8.75. The van der Waals surface area contributed by atoms with Crippen LogP contribution in [0.3, 0.4) is 0 Å². The Kier molecular flexibility index (Phi) is 2.18. The highest BCUT2D eigenvalue weighted by Gasteiger charge is 2.39. The van der Waals surface area contributed by atoms with Gasteiger partial charge in [0.25, 0.3) is 0 Å². The van der Waals surface area contributed by atoms with Gasteiger partial charge in [-0.05, 0) is 6.42 Å². The van der Waals surface area contributed by atoms with E-state index < -0.39 is 5.97 Å². The first-order valence-corrected chi connectivity index (χ1v) is 3.87. The molecule has 3 heteroatoms. The minimum Gasteiger partial charge on any atom is -0.481 e. The van der Waals surface area contributed by atoms with Crippen molar-refractivity contribution in [3.8, 4) is 0 Å². The lowest BCUT2D eigenvalue weighted by molar-refractivity contribution is -0.145. The summed E-state index contributed by atoms with van der Waals surface area (Å²) in [6.45, 7) is 5.00. The van der Waals surface area contributed by atoms with Gasteiger partial charge in [-0.1, -0.05) is 13.8 Å². The van der Waals surface area contributed by atoms with Gasteiger partial charge < -0.3 is 9.84 Å². The molecule has 11 heavy (non-hydrogen) atoms. The van der Waals surface area contributed by atoms with Crippen molar-refractivity contribution in [1.29, 1.82) is 0 Å². The molecule has 3 nitrogen and oxygen atoms in total. The molecule has 0 spiro atoms. The summed E-state index contributed by atoms with van der Waals surface area (Å²) in [5.74, 6) is -1.03. The Bertz CT molecular complexity index is 159. The molecule has 1 saturated heterocycles. The highest BCUT2D eigenvalue weighted by atomic mass is 16.5. The van der Waals surface area contributed by atoms with E-state index in [9.17, 15) is 4.79 Å². The molecule has 2 unspecified atom stereocenters. The van der Waals surface area contributed by atoms with Crippen molar-refractivity contribution in [2.75, 3.05) is 13.2 Å². The summed E-state index contributed by atoms with van der Waals surface area (Å²) in [6.07, 6.45) is 0.862. The lowest BCUT2D eigenvalue weighted by Gasteiger charge is -2.25. The Morgan fingerprint density at radius 3 is 2.73 bits per heavy atom. The third-order valence-electron chi connectivity index (χ3n) is 2.67. The van der Waals surface area contributed by atoms with E-state index >= 15 is 0 Å². The summed E-state index contributed by atoms with van der Waals surface area (Å²) >= 11 is 0. The normalized spacial score (nSPS) is 33.6. The smallest absolute Gasteiger partial charge is 0.306 e. The zero-order chi connectivity index (χ0) is 8.48. The molecule has 0 aliphatic carbocycles. The van der Waals surface area contributed by atoms with Gasteiger partial charge in [0, 0.05) is 12.0 Å². The van der Waals surface area contributed by atoms with Crippen LogP contribution in [0.1, 0.15) is 20.3 Å². The SMILES string of the molecule is CC(C(=O)O)C1(C)CCOC1. The first kappa shape index (κ1) is 8.53. The van der Waals surface area contributed by atoms with Crippen LogP contribution in [0.4, 0.5) is 0 Å². The third-order valence-corrected chi connectivity index (χ3v) is 2.67. The molecule has 0 amide bonds. The number of hydrogen-bond donors (Lipinski definition) is 1. The fraction of sp³-hybridized carbons (Fsp3) is 0.875. The van der Waals surface area contributed by atoms with Gasteiger partial charge in [0.2, 0.25) is 0 Å². The van der Waals surface area contributed by atoms with Crippen LogP contribution >= 0.6 is 0 Å². The second kappa shape index (κ2) is 2.81. The van der Waals surface area contributed by atoms with Crippen molar-refractivity contribution in [2.45, 2.75) is 20.3 Å². The average molecular weight is 158 g/mol. The molecular formula is C8H14O3. The number of carbonyl (C=O) groups is 1. The van der Waals surface area contributed by atoms with Crippen LogP contribution in [0, 0.1) is 11.3 Å². The predicted molar refractivity (Wildman–Crippen MR) is 40.3 cm³/mol. The summed E-state index contributed by atoms with van der Waals surface area (Å²) in [4.78, 5) is 10.6. The Labute approximate surface area is 66.4 Å². The minimum absolute atomic E-state index is 0.147. The van der Waals surface area contributed by atoms with Crippen molar-refractivity contribution >= 4 is 5.97 Å². The van der Waals surface area contributed by atoms with Gasteiger partial charge in [-0.25, -0.2) is 0 Å². The molecule has 1 aliphatic heterocycles. The fourth-order valence-corrected chi connectivity index (χ4v) is 1.32. The average Bonchev–Trinajstić information content (AvgIpc) is 2.35. The van der Waals surface area contributed by atoms with Crippen LogP contribution in [-0.4, -0.2) is 24.3 Å². The maximum Gasteiger partial charge on any atom is 0.306 e. The lowest BCUT2D eigenvalue weighted by atomic mass is 9.78. The molecule has 0 aromatic heterocycles. The van der Waals surface area contributed by atoms with E-state index in [-0.39, 0.29) is 11.3 Å². The number of rotatable bonds is 2. The molecular weight excluding hydrogens is 144 g/mol. The molecule has 2 atom stereocenters. The van der Waals surface area contributed by atoms with Crippen molar-refractivity contribution in [1.82, 2.24) is 0 Å². The molecule has 0 saturated carbocycles. The van der Waals surface area contributed by atoms with Crippen LogP contribution < -0.4 is 0 Å². The van der Waals surface area contributed by atoms with Crippen molar-refractivity contribution in [3.63, 3.8) is 0 Å². The van der Waals surface area contributed by atoms with Crippen molar-refractivity contribution in [2.24, 2.45) is 11.3 Å². The van der Waals surface area contributed by atoms with E-state index in [1.54, 1.807) is 6.92 Å². The zero-order valence-corrected chi connectivity index (χ0v) is 6.96. The van der Waals surface area contributed by atoms with Crippen LogP contribution in [0.2, 0.25) is 0 Å². The Morgan fingerprint density at radius 1 is 1.73 bits per heavy atom. The predicted octanol–water partition coefficient (Wildman–Crippen LogP) is 1.13. The Morgan fingerprint density at radius 2 is 2.36 bits per heavy atom. The zero-order valence-electron chi connectivity index (χ0n) is 6.96. The molecule has 1 aliphatic rings. The largest absolute Gasteiger partial charge is 0.481 e. The molecule has 1 rings (SSSR count). The standard InChI is InChI=1S/C8H14O3/c1-6(7(9)10)8(2)3-4-11-5-8/h6H,3-5H2,1-2H3,(H,9,10).